The number of hydrogen-bond donors (Lipinski definition) is 0. The minimum absolute atomic E-state index is 0.0278. The molecule has 0 aliphatic carbocycles. The number of methoxy groups -OCH3 is 1. The molecule has 0 N–H and O–H groups in total. The van der Waals surface area contributed by atoms with E-state index in [1.165, 1.54) is 30.1 Å². The molecule has 3 rings (SSSR count). The van der Waals surface area contributed by atoms with E-state index in [9.17, 15) is 14.4 Å². The Kier molecular flexibility index (Phi) is 5.06. The lowest BCUT2D eigenvalue weighted by atomic mass is 9.92. The van der Waals surface area contributed by atoms with E-state index in [1.54, 1.807) is 6.07 Å². The fraction of sp³-hybridized carbons (Fsp3) is 0.474. The van der Waals surface area contributed by atoms with Crippen LogP contribution < -0.4 is 5.56 Å². The molecule has 1 amide bonds. The van der Waals surface area contributed by atoms with Crippen molar-refractivity contribution in [1.29, 1.82) is 0 Å². The third-order valence-electron chi connectivity index (χ3n) is 4.77. The fourth-order valence-corrected chi connectivity index (χ4v) is 3.63. The predicted octanol–water partition coefficient (Wildman–Crippen LogP) is 1.69. The van der Waals surface area contributed by atoms with Crippen molar-refractivity contribution in [2.24, 2.45) is 11.8 Å². The van der Waals surface area contributed by atoms with Crippen molar-refractivity contribution < 1.29 is 14.3 Å². The molecule has 0 unspecified atom stereocenters. The zero-order valence-electron chi connectivity index (χ0n) is 15.3. The summed E-state index contributed by atoms with van der Waals surface area (Å²) >= 11 is 0. The fourth-order valence-electron chi connectivity index (χ4n) is 3.63. The second-order valence-electron chi connectivity index (χ2n) is 7.15. The molecular weight excluding hydrogens is 334 g/mol. The van der Waals surface area contributed by atoms with Crippen LogP contribution in [0.4, 0.5) is 0 Å². The molecule has 0 radical (unpaired) electrons. The van der Waals surface area contributed by atoms with Crippen molar-refractivity contribution in [1.82, 2.24) is 14.5 Å². The molecule has 1 aromatic carbocycles. The van der Waals surface area contributed by atoms with Crippen molar-refractivity contribution in [3.8, 4) is 0 Å². The van der Waals surface area contributed by atoms with Crippen molar-refractivity contribution in [2.75, 3.05) is 20.2 Å². The van der Waals surface area contributed by atoms with Gasteiger partial charge in [0.2, 0.25) is 5.91 Å². The topological polar surface area (TPSA) is 81.5 Å². The zero-order valence-corrected chi connectivity index (χ0v) is 15.3. The average molecular weight is 357 g/mol. The summed E-state index contributed by atoms with van der Waals surface area (Å²) in [5.41, 5.74) is 0.441. The Morgan fingerprint density at radius 3 is 2.58 bits per heavy atom. The van der Waals surface area contributed by atoms with Gasteiger partial charge in [0.1, 0.15) is 6.54 Å². The molecule has 7 heteroatoms. The van der Waals surface area contributed by atoms with Crippen LogP contribution in [0.2, 0.25) is 0 Å². The molecule has 7 nitrogen and oxygen atoms in total. The lowest BCUT2D eigenvalue weighted by molar-refractivity contribution is -0.134. The summed E-state index contributed by atoms with van der Waals surface area (Å²) in [6, 6.07) is 4.59. The monoisotopic (exact) mass is 357 g/mol. The number of aromatic nitrogens is 2. The van der Waals surface area contributed by atoms with Crippen molar-refractivity contribution in [3.63, 3.8) is 0 Å². The molecule has 2 atom stereocenters. The van der Waals surface area contributed by atoms with Crippen LogP contribution >= 0.6 is 0 Å². The highest BCUT2D eigenvalue weighted by atomic mass is 16.5. The highest BCUT2D eigenvalue weighted by molar-refractivity contribution is 5.94. The predicted molar refractivity (Wildman–Crippen MR) is 96.9 cm³/mol. The Morgan fingerprint density at radius 1 is 1.23 bits per heavy atom. The van der Waals surface area contributed by atoms with Crippen molar-refractivity contribution in [3.05, 3.63) is 40.4 Å². The van der Waals surface area contributed by atoms with Gasteiger partial charge in [0.25, 0.3) is 5.56 Å². The van der Waals surface area contributed by atoms with E-state index in [0.29, 0.717) is 28.3 Å². The number of amides is 1. The van der Waals surface area contributed by atoms with Crippen LogP contribution in [0.5, 0.6) is 0 Å². The van der Waals surface area contributed by atoms with Crippen LogP contribution in [0, 0.1) is 11.8 Å². The summed E-state index contributed by atoms with van der Waals surface area (Å²) in [7, 11) is 1.30. The lowest BCUT2D eigenvalue weighted by Gasteiger charge is -2.35. The maximum atomic E-state index is 12.7. The van der Waals surface area contributed by atoms with Gasteiger partial charge in [0.15, 0.2) is 0 Å². The minimum Gasteiger partial charge on any atom is -0.465 e. The number of nitrogens with zero attached hydrogens (tertiary/aromatic N) is 3. The Bertz CT molecular complexity index is 895. The highest BCUT2D eigenvalue weighted by Crippen LogP contribution is 2.21. The van der Waals surface area contributed by atoms with Gasteiger partial charge in [-0.05, 0) is 36.5 Å². The van der Waals surface area contributed by atoms with Gasteiger partial charge in [-0.15, -0.1) is 0 Å². The van der Waals surface area contributed by atoms with Crippen LogP contribution in [-0.2, 0) is 16.1 Å². The van der Waals surface area contributed by atoms with Crippen LogP contribution in [-0.4, -0.2) is 46.5 Å². The quantitative estimate of drug-likeness (QED) is 0.781. The smallest absolute Gasteiger partial charge is 0.337 e. The van der Waals surface area contributed by atoms with Crippen molar-refractivity contribution in [2.45, 2.75) is 26.8 Å². The average Bonchev–Trinajstić information content (AvgIpc) is 2.62. The lowest BCUT2D eigenvalue weighted by Crippen LogP contribution is -2.44. The van der Waals surface area contributed by atoms with Gasteiger partial charge >= 0.3 is 5.97 Å². The number of ether oxygens (including phenoxy) is 1. The molecule has 1 aliphatic rings. The Labute approximate surface area is 151 Å². The normalized spacial score (nSPS) is 20.2. The largest absolute Gasteiger partial charge is 0.465 e. The number of esters is 1. The molecule has 1 aliphatic heterocycles. The van der Waals surface area contributed by atoms with E-state index < -0.39 is 5.97 Å². The molecule has 0 bridgehead atoms. The van der Waals surface area contributed by atoms with Gasteiger partial charge in [-0.25, -0.2) is 9.78 Å². The standard InChI is InChI=1S/C19H23N3O4/c1-12-6-13(2)9-21(8-12)17(23)10-22-11-20-16-7-14(19(25)26-3)4-5-15(16)18(22)24/h4-5,7,11-13H,6,8-10H2,1-3H3/t12-,13-/m0/s1. The van der Waals surface area contributed by atoms with Gasteiger partial charge in [-0.3, -0.25) is 14.2 Å². The summed E-state index contributed by atoms with van der Waals surface area (Å²) in [5, 5.41) is 0.369. The minimum atomic E-state index is -0.485. The molecule has 26 heavy (non-hydrogen) atoms. The molecule has 2 aromatic rings. The first-order valence-corrected chi connectivity index (χ1v) is 8.74. The van der Waals surface area contributed by atoms with E-state index in [1.807, 2.05) is 4.90 Å². The molecule has 1 saturated heterocycles. The number of piperidine rings is 1. The third-order valence-corrected chi connectivity index (χ3v) is 4.77. The molecule has 138 valence electrons. The number of carbonyl (C=O) groups is 2. The van der Waals surface area contributed by atoms with E-state index in [4.69, 9.17) is 0 Å². The third kappa shape index (κ3) is 3.61. The first-order chi connectivity index (χ1) is 12.4. The summed E-state index contributed by atoms with van der Waals surface area (Å²) in [6.07, 6.45) is 2.48. The van der Waals surface area contributed by atoms with E-state index in [2.05, 4.69) is 23.6 Å². The summed E-state index contributed by atoms with van der Waals surface area (Å²) in [6.45, 7) is 5.69. The summed E-state index contributed by atoms with van der Waals surface area (Å²) in [5.74, 6) is 0.371. The van der Waals surface area contributed by atoms with Gasteiger partial charge in [0, 0.05) is 13.1 Å². The zero-order chi connectivity index (χ0) is 18.8. The number of carbonyl (C=O) groups excluding carboxylic acids is 2. The Morgan fingerprint density at radius 2 is 1.92 bits per heavy atom. The van der Waals surface area contributed by atoms with Gasteiger partial charge in [-0.1, -0.05) is 13.8 Å². The molecule has 1 aromatic heterocycles. The SMILES string of the molecule is COC(=O)c1ccc2c(=O)n(CC(=O)N3C[C@@H](C)C[C@H](C)C3)cnc2c1. The maximum absolute atomic E-state index is 12.7. The molecule has 0 spiro atoms. The van der Waals surface area contributed by atoms with E-state index in [0.717, 1.165) is 19.5 Å². The van der Waals surface area contributed by atoms with Gasteiger partial charge in [-0.2, -0.15) is 0 Å². The first kappa shape index (κ1) is 18.1. The first-order valence-electron chi connectivity index (χ1n) is 8.74. The molecule has 2 heterocycles. The summed E-state index contributed by atoms with van der Waals surface area (Å²) in [4.78, 5) is 42.9. The summed E-state index contributed by atoms with van der Waals surface area (Å²) < 4.78 is 6.00. The van der Waals surface area contributed by atoms with Crippen LogP contribution in [0.3, 0.4) is 0 Å². The molecule has 1 fully saturated rings. The van der Waals surface area contributed by atoms with E-state index >= 15 is 0 Å². The number of likely N-dealkylation sites (tertiary alicyclic amines) is 1. The number of fused-ring (bicyclic) bond motifs is 1. The van der Waals surface area contributed by atoms with Crippen LogP contribution in [0.25, 0.3) is 10.9 Å². The maximum Gasteiger partial charge on any atom is 0.337 e. The number of hydrogen-bond acceptors (Lipinski definition) is 5. The highest BCUT2D eigenvalue weighted by Gasteiger charge is 2.25. The van der Waals surface area contributed by atoms with Crippen LogP contribution in [0.15, 0.2) is 29.3 Å². The number of benzene rings is 1. The van der Waals surface area contributed by atoms with Crippen LogP contribution in [0.1, 0.15) is 30.6 Å². The van der Waals surface area contributed by atoms with Crippen molar-refractivity contribution >= 4 is 22.8 Å². The molecule has 0 saturated carbocycles. The number of rotatable bonds is 3. The Hall–Kier alpha value is -2.70. The molecular formula is C19H23N3O4. The van der Waals surface area contributed by atoms with Gasteiger partial charge < -0.3 is 9.64 Å². The van der Waals surface area contributed by atoms with E-state index in [-0.39, 0.29) is 18.0 Å². The Balaban J connectivity index is 1.84. The second-order valence-corrected chi connectivity index (χ2v) is 7.15. The van der Waals surface area contributed by atoms with Gasteiger partial charge in [0.05, 0.1) is 29.9 Å². The second kappa shape index (κ2) is 7.27.